The van der Waals surface area contributed by atoms with Gasteiger partial charge in [0.15, 0.2) is 5.76 Å². The van der Waals surface area contributed by atoms with Gasteiger partial charge in [0.2, 0.25) is 5.78 Å². The molecule has 1 rings (SSSR count). The second kappa shape index (κ2) is 2.92. The molecule has 0 amide bonds. The lowest BCUT2D eigenvalue weighted by Gasteiger charge is -2.06. The average molecular weight is 218 g/mol. The van der Waals surface area contributed by atoms with Crippen molar-refractivity contribution in [1.82, 2.24) is 0 Å². The molecule has 58 valence electrons. The Kier molecular flexibility index (Phi) is 1.77. The lowest BCUT2D eigenvalue weighted by molar-refractivity contribution is -0.113. The summed E-state index contributed by atoms with van der Waals surface area (Å²) in [7, 11) is 0. The number of hydrogen-bond donors (Lipinski definition) is 2. The lowest BCUT2D eigenvalue weighted by atomic mass is 10.1. The number of carbonyl (C=O) groups excluding carboxylic acids is 1. The van der Waals surface area contributed by atoms with Gasteiger partial charge in [-0.2, -0.15) is 0 Å². The third-order valence-electron chi connectivity index (χ3n) is 1.17. The van der Waals surface area contributed by atoms with E-state index in [-0.39, 0.29) is 16.1 Å². The van der Waals surface area contributed by atoms with Gasteiger partial charge in [0, 0.05) is 5.57 Å². The van der Waals surface area contributed by atoms with Crippen molar-refractivity contribution < 1.29 is 16.4 Å². The fraction of sp³-hybridized carbons (Fsp3) is 0. The van der Waals surface area contributed by atoms with E-state index in [4.69, 9.17) is 11.6 Å². The molecule has 0 heterocycles. The summed E-state index contributed by atoms with van der Waals surface area (Å²) in [5.41, 5.74) is 0.0899. The normalized spacial score (nSPS) is 23.7. The molecule has 0 unspecified atom stereocenters. The first kappa shape index (κ1) is 6.67. The fourth-order valence-electron chi connectivity index (χ4n) is 0.605. The van der Waals surface area contributed by atoms with Crippen molar-refractivity contribution in [1.29, 1.82) is 0 Å². The number of hydrogen-bond acceptors (Lipinski definition) is 3. The second-order valence-corrected chi connectivity index (χ2v) is 2.65. The smallest absolute Gasteiger partial charge is 0.221 e. The molecule has 0 fully saturated rings. The summed E-state index contributed by atoms with van der Waals surface area (Å²) in [6, 6.07) is -0.132. The van der Waals surface area contributed by atoms with Gasteiger partial charge in [0.1, 0.15) is 0 Å². The van der Waals surface area contributed by atoms with Crippen molar-refractivity contribution >= 4 is 21.7 Å². The van der Waals surface area contributed by atoms with E-state index in [1.165, 1.54) is 0 Å². The predicted molar refractivity (Wildman–Crippen MR) is 43.4 cm³/mol. The molecule has 0 atom stereocenters. The van der Waals surface area contributed by atoms with Crippen LogP contribution in [0.2, 0.25) is 0 Å². The Hall–Kier alpha value is -1.03. The molecule has 2 N–H and O–H groups in total. The monoisotopic (exact) mass is 217 g/mol. The SMILES string of the molecule is [2H]C1=CC(=O)C(O)=C(Br)/C1=C/O. The highest BCUT2D eigenvalue weighted by Crippen LogP contribution is 2.25. The Morgan fingerprint density at radius 1 is 1.73 bits per heavy atom. The summed E-state index contributed by atoms with van der Waals surface area (Å²) in [6.07, 6.45) is 1.59. The molecule has 0 aromatic carbocycles. The molecule has 0 saturated heterocycles. The van der Waals surface area contributed by atoms with Gasteiger partial charge < -0.3 is 10.2 Å². The molecule has 0 bridgehead atoms. The topological polar surface area (TPSA) is 57.5 Å². The van der Waals surface area contributed by atoms with Crippen LogP contribution in [0.15, 0.2) is 34.2 Å². The quantitative estimate of drug-likeness (QED) is 0.608. The van der Waals surface area contributed by atoms with Gasteiger partial charge in [-0.3, -0.25) is 4.79 Å². The van der Waals surface area contributed by atoms with Crippen LogP contribution in [-0.4, -0.2) is 16.0 Å². The zero-order valence-electron chi connectivity index (χ0n) is 6.34. The number of halogens is 1. The fourth-order valence-corrected chi connectivity index (χ4v) is 1.02. The van der Waals surface area contributed by atoms with Gasteiger partial charge in [0.25, 0.3) is 0 Å². The van der Waals surface area contributed by atoms with Gasteiger partial charge in [-0.1, -0.05) is 0 Å². The van der Waals surface area contributed by atoms with Crippen molar-refractivity contribution in [3.05, 3.63) is 34.2 Å². The van der Waals surface area contributed by atoms with Crippen molar-refractivity contribution in [2.24, 2.45) is 0 Å². The summed E-state index contributed by atoms with van der Waals surface area (Å²) >= 11 is 2.88. The number of aliphatic hydroxyl groups is 2. The largest absolute Gasteiger partial charge is 0.515 e. The Labute approximate surface area is 72.9 Å². The summed E-state index contributed by atoms with van der Waals surface area (Å²) in [6.45, 7) is 0. The molecule has 0 spiro atoms. The van der Waals surface area contributed by atoms with Crippen LogP contribution in [0.1, 0.15) is 1.37 Å². The van der Waals surface area contributed by atoms with Gasteiger partial charge in [-0.05, 0) is 28.1 Å². The highest BCUT2D eigenvalue weighted by molar-refractivity contribution is 9.12. The molecule has 1 aliphatic rings. The maximum atomic E-state index is 10.8. The molecule has 4 heteroatoms. The molecule has 0 aromatic heterocycles. The number of aliphatic hydroxyl groups excluding tert-OH is 2. The number of ketones is 1. The summed E-state index contributed by atoms with van der Waals surface area (Å²) < 4.78 is 7.26. The first-order valence-corrected chi connectivity index (χ1v) is 3.53. The minimum atomic E-state index is -0.641. The van der Waals surface area contributed by atoms with E-state index in [0.29, 0.717) is 6.26 Å². The van der Waals surface area contributed by atoms with Gasteiger partial charge in [-0.25, -0.2) is 0 Å². The maximum Gasteiger partial charge on any atom is 0.221 e. The number of rotatable bonds is 0. The zero-order valence-corrected chi connectivity index (χ0v) is 6.92. The van der Waals surface area contributed by atoms with E-state index in [0.717, 1.165) is 6.08 Å². The van der Waals surface area contributed by atoms with Crippen molar-refractivity contribution in [3.63, 3.8) is 0 Å². The van der Waals surface area contributed by atoms with Crippen LogP contribution < -0.4 is 0 Å². The van der Waals surface area contributed by atoms with E-state index in [1.807, 2.05) is 0 Å². The summed E-state index contributed by atoms with van der Waals surface area (Å²) in [5.74, 6) is -1.14. The molecule has 0 radical (unpaired) electrons. The predicted octanol–water partition coefficient (Wildman–Crippen LogP) is 1.73. The third kappa shape index (κ3) is 1.35. The van der Waals surface area contributed by atoms with E-state index < -0.39 is 11.5 Å². The lowest BCUT2D eigenvalue weighted by Crippen LogP contribution is -2.04. The minimum absolute atomic E-state index is 0.0440. The van der Waals surface area contributed by atoms with E-state index in [1.54, 1.807) is 0 Å². The van der Waals surface area contributed by atoms with Gasteiger partial charge >= 0.3 is 0 Å². The van der Waals surface area contributed by atoms with Crippen LogP contribution in [-0.2, 0) is 4.79 Å². The Morgan fingerprint density at radius 3 is 2.91 bits per heavy atom. The molecule has 0 aliphatic heterocycles. The van der Waals surface area contributed by atoms with E-state index in [2.05, 4.69) is 15.9 Å². The molecule has 0 saturated carbocycles. The van der Waals surface area contributed by atoms with Crippen LogP contribution in [0, 0.1) is 0 Å². The molecular formula is C7H5BrO3. The molecule has 0 aromatic rings. The molecular weight excluding hydrogens is 212 g/mol. The molecule has 11 heavy (non-hydrogen) atoms. The highest BCUT2D eigenvalue weighted by Gasteiger charge is 2.16. The number of carbonyl (C=O) groups is 1. The Balaban J connectivity index is 3.25. The van der Waals surface area contributed by atoms with Crippen LogP contribution in [0.5, 0.6) is 0 Å². The Bertz CT molecular complexity index is 328. The number of allylic oxidation sites excluding steroid dienone is 4. The first-order valence-electron chi connectivity index (χ1n) is 3.24. The summed E-state index contributed by atoms with van der Waals surface area (Å²) in [5, 5.41) is 17.7. The summed E-state index contributed by atoms with van der Waals surface area (Å²) in [4.78, 5) is 10.8. The van der Waals surface area contributed by atoms with Crippen molar-refractivity contribution in [2.75, 3.05) is 0 Å². The zero-order chi connectivity index (χ0) is 9.30. The second-order valence-electron chi connectivity index (χ2n) is 1.86. The highest BCUT2D eigenvalue weighted by atomic mass is 79.9. The van der Waals surface area contributed by atoms with Crippen LogP contribution in [0.3, 0.4) is 0 Å². The average Bonchev–Trinajstić information content (AvgIpc) is 2.01. The third-order valence-corrected chi connectivity index (χ3v) is 1.97. The van der Waals surface area contributed by atoms with Crippen LogP contribution >= 0.6 is 15.9 Å². The van der Waals surface area contributed by atoms with Crippen molar-refractivity contribution in [3.8, 4) is 0 Å². The van der Waals surface area contributed by atoms with Crippen LogP contribution in [0.4, 0.5) is 0 Å². The first-order chi connectivity index (χ1) is 5.57. The van der Waals surface area contributed by atoms with Crippen LogP contribution in [0.25, 0.3) is 0 Å². The van der Waals surface area contributed by atoms with E-state index in [9.17, 15) is 4.79 Å². The van der Waals surface area contributed by atoms with E-state index >= 15 is 0 Å². The molecule has 3 nitrogen and oxygen atoms in total. The van der Waals surface area contributed by atoms with Gasteiger partial charge in [-0.15, -0.1) is 0 Å². The van der Waals surface area contributed by atoms with Gasteiger partial charge in [0.05, 0.1) is 12.1 Å². The Morgan fingerprint density at radius 2 is 2.36 bits per heavy atom. The van der Waals surface area contributed by atoms with Crippen molar-refractivity contribution in [2.45, 2.75) is 0 Å². The minimum Gasteiger partial charge on any atom is -0.515 e. The standard InChI is InChI=1S/C7H5BrO3/c8-6-4(3-9)1-2-5(10)7(6)11/h1-3,9,11H/b4-3+/i1D. The molecule has 1 aliphatic carbocycles. The maximum absolute atomic E-state index is 10.8.